The molecule has 2 aromatic rings. The van der Waals surface area contributed by atoms with E-state index in [2.05, 4.69) is 109 Å². The lowest BCUT2D eigenvalue weighted by atomic mass is 9.86. The van der Waals surface area contributed by atoms with E-state index in [0.29, 0.717) is 6.42 Å². The molecule has 0 radical (unpaired) electrons. The standard InChI is InChI=1S/C24H33NOS.C12H22O/c1-7-23(26)25(17-16-19-8-14-22(27-6)15-9-19)18(2)20-10-12-21(13-11-20)24(3,4)5;1-4-7-9-12(6-3)11-13-10-8-5-2/h8-15,18H,7,16-17H2,1-6H3;6,9H,3-5,7-8,10-11H2,1-2H3/b;12-9+. The minimum absolute atomic E-state index is 0.0805. The summed E-state index contributed by atoms with van der Waals surface area (Å²) in [4.78, 5) is 15.9. The maximum Gasteiger partial charge on any atom is 0.222 e. The minimum Gasteiger partial charge on any atom is -0.377 e. The van der Waals surface area contributed by atoms with Gasteiger partial charge in [0.05, 0.1) is 12.6 Å². The Hall–Kier alpha value is -2.30. The Morgan fingerprint density at radius 2 is 1.68 bits per heavy atom. The quantitative estimate of drug-likeness (QED) is 0.122. The molecule has 2 aromatic carbocycles. The average Bonchev–Trinajstić information content (AvgIpc) is 2.97. The fourth-order valence-corrected chi connectivity index (χ4v) is 4.60. The number of allylic oxidation sites excluding steroid dienone is 1. The maximum atomic E-state index is 12.6. The van der Waals surface area contributed by atoms with Crippen LogP contribution >= 0.6 is 11.8 Å². The van der Waals surface area contributed by atoms with Crippen LogP contribution in [0, 0.1) is 0 Å². The summed E-state index contributed by atoms with van der Waals surface area (Å²) < 4.78 is 5.48. The van der Waals surface area contributed by atoms with Gasteiger partial charge in [-0.15, -0.1) is 11.8 Å². The van der Waals surface area contributed by atoms with Gasteiger partial charge in [-0.25, -0.2) is 0 Å². The van der Waals surface area contributed by atoms with Crippen molar-refractivity contribution in [1.82, 2.24) is 4.90 Å². The number of ether oxygens (including phenoxy) is 1. The van der Waals surface area contributed by atoms with Crippen molar-refractivity contribution >= 4 is 17.7 Å². The van der Waals surface area contributed by atoms with Crippen LogP contribution in [-0.2, 0) is 21.4 Å². The summed E-state index contributed by atoms with van der Waals surface area (Å²) in [5.74, 6) is 0.211. The highest BCUT2D eigenvalue weighted by molar-refractivity contribution is 7.98. The first-order valence-electron chi connectivity index (χ1n) is 15.0. The second-order valence-electron chi connectivity index (χ2n) is 11.3. The van der Waals surface area contributed by atoms with Crippen molar-refractivity contribution < 1.29 is 9.53 Å². The number of thioether (sulfide) groups is 1. The minimum atomic E-state index is 0.0805. The number of benzene rings is 2. The zero-order valence-electron chi connectivity index (χ0n) is 26.6. The largest absolute Gasteiger partial charge is 0.377 e. The zero-order valence-corrected chi connectivity index (χ0v) is 27.4. The molecule has 0 saturated carbocycles. The third-order valence-electron chi connectivity index (χ3n) is 7.02. The molecule has 4 heteroatoms. The predicted octanol–water partition coefficient (Wildman–Crippen LogP) is 9.96. The Bertz CT molecular complexity index is 1000. The van der Waals surface area contributed by atoms with E-state index >= 15 is 0 Å². The lowest BCUT2D eigenvalue weighted by Crippen LogP contribution is -2.34. The number of carbonyl (C=O) groups excluding carboxylic acids is 1. The van der Waals surface area contributed by atoms with Gasteiger partial charge in [0.15, 0.2) is 0 Å². The molecule has 0 bridgehead atoms. The molecule has 0 N–H and O–H groups in total. The molecule has 3 nitrogen and oxygen atoms in total. The van der Waals surface area contributed by atoms with E-state index in [1.54, 1.807) is 11.8 Å². The summed E-state index contributed by atoms with van der Waals surface area (Å²) in [7, 11) is 0. The number of rotatable bonds is 15. The summed E-state index contributed by atoms with van der Waals surface area (Å²) in [6.07, 6.45) is 12.3. The third kappa shape index (κ3) is 13.4. The van der Waals surface area contributed by atoms with Crippen LogP contribution in [-0.4, -0.2) is 36.8 Å². The van der Waals surface area contributed by atoms with Crippen molar-refractivity contribution in [1.29, 1.82) is 0 Å². The van der Waals surface area contributed by atoms with Crippen LogP contribution in [0.25, 0.3) is 0 Å². The summed E-state index contributed by atoms with van der Waals surface area (Å²) >= 11 is 1.75. The maximum absolute atomic E-state index is 12.6. The van der Waals surface area contributed by atoms with Crippen LogP contribution in [0.1, 0.15) is 103 Å². The Labute approximate surface area is 250 Å². The molecule has 1 unspecified atom stereocenters. The van der Waals surface area contributed by atoms with Crippen molar-refractivity contribution in [2.75, 3.05) is 26.0 Å². The molecule has 0 aliphatic heterocycles. The van der Waals surface area contributed by atoms with E-state index < -0.39 is 0 Å². The lowest BCUT2D eigenvalue weighted by molar-refractivity contribution is -0.133. The molecule has 2 rings (SSSR count). The van der Waals surface area contributed by atoms with Crippen molar-refractivity contribution in [2.24, 2.45) is 0 Å². The molecular weight excluding hydrogens is 510 g/mol. The van der Waals surface area contributed by atoms with Gasteiger partial charge in [-0.3, -0.25) is 4.79 Å². The van der Waals surface area contributed by atoms with Crippen LogP contribution in [0.4, 0.5) is 0 Å². The highest BCUT2D eigenvalue weighted by atomic mass is 32.2. The Morgan fingerprint density at radius 3 is 2.17 bits per heavy atom. The molecule has 0 aliphatic rings. The number of hydrogen-bond donors (Lipinski definition) is 0. The highest BCUT2D eigenvalue weighted by Crippen LogP contribution is 2.27. The van der Waals surface area contributed by atoms with Crippen molar-refractivity contribution in [3.8, 4) is 0 Å². The summed E-state index contributed by atoms with van der Waals surface area (Å²) in [6.45, 7) is 21.2. The molecule has 1 atom stereocenters. The molecule has 0 spiro atoms. The van der Waals surface area contributed by atoms with Gasteiger partial charge < -0.3 is 9.64 Å². The smallest absolute Gasteiger partial charge is 0.222 e. The van der Waals surface area contributed by atoms with Crippen LogP contribution in [0.5, 0.6) is 0 Å². The SMILES string of the molecule is C=C/C(=C\CCC)COCCCC.CCC(=O)N(CCc1ccc(SC)cc1)C(C)c1ccc(C(C)(C)C)cc1. The number of amides is 1. The summed E-state index contributed by atoms with van der Waals surface area (Å²) in [5.41, 5.74) is 5.15. The predicted molar refractivity (Wildman–Crippen MR) is 176 cm³/mol. The Morgan fingerprint density at radius 1 is 1.02 bits per heavy atom. The molecule has 0 fully saturated rings. The van der Waals surface area contributed by atoms with Crippen LogP contribution in [0.2, 0.25) is 0 Å². The second kappa shape index (κ2) is 19.7. The van der Waals surface area contributed by atoms with Gasteiger partial charge in [0.1, 0.15) is 0 Å². The topological polar surface area (TPSA) is 29.5 Å². The van der Waals surface area contributed by atoms with E-state index in [-0.39, 0.29) is 17.4 Å². The number of carbonyl (C=O) groups is 1. The van der Waals surface area contributed by atoms with Crippen molar-refractivity contribution in [2.45, 2.75) is 103 Å². The van der Waals surface area contributed by atoms with Gasteiger partial charge in [-0.2, -0.15) is 0 Å². The van der Waals surface area contributed by atoms with Gasteiger partial charge in [0, 0.05) is 24.5 Å². The van der Waals surface area contributed by atoms with Crippen LogP contribution in [0.15, 0.2) is 77.7 Å². The van der Waals surface area contributed by atoms with Gasteiger partial charge >= 0.3 is 0 Å². The lowest BCUT2D eigenvalue weighted by Gasteiger charge is -2.30. The first kappa shape index (κ1) is 35.7. The number of hydrogen-bond acceptors (Lipinski definition) is 3. The second-order valence-corrected chi connectivity index (χ2v) is 12.1. The Kier molecular flexibility index (Phi) is 17.6. The first-order valence-corrected chi connectivity index (χ1v) is 16.3. The monoisotopic (exact) mass is 565 g/mol. The fraction of sp³-hybridized carbons (Fsp3) is 0.528. The van der Waals surface area contributed by atoms with Gasteiger partial charge in [0.25, 0.3) is 0 Å². The molecule has 0 aromatic heterocycles. The molecule has 222 valence electrons. The van der Waals surface area contributed by atoms with Crippen molar-refractivity contribution in [3.63, 3.8) is 0 Å². The van der Waals surface area contributed by atoms with E-state index in [1.807, 2.05) is 17.9 Å². The van der Waals surface area contributed by atoms with Crippen LogP contribution in [0.3, 0.4) is 0 Å². The summed E-state index contributed by atoms with van der Waals surface area (Å²) in [6, 6.07) is 17.5. The molecule has 40 heavy (non-hydrogen) atoms. The van der Waals surface area contributed by atoms with Gasteiger partial charge in [-0.1, -0.05) is 110 Å². The first-order chi connectivity index (χ1) is 19.1. The normalized spacial score (nSPS) is 12.3. The molecule has 0 aliphatic carbocycles. The molecule has 1 amide bonds. The van der Waals surface area contributed by atoms with E-state index in [4.69, 9.17) is 4.74 Å². The number of nitrogens with zero attached hydrogens (tertiary/aromatic N) is 1. The van der Waals surface area contributed by atoms with E-state index in [9.17, 15) is 4.79 Å². The van der Waals surface area contributed by atoms with Gasteiger partial charge in [-0.05, 0) is 72.3 Å². The summed E-state index contributed by atoms with van der Waals surface area (Å²) in [5, 5.41) is 0. The molecule has 0 saturated heterocycles. The third-order valence-corrected chi connectivity index (χ3v) is 7.76. The highest BCUT2D eigenvalue weighted by Gasteiger charge is 2.21. The van der Waals surface area contributed by atoms with Crippen LogP contribution < -0.4 is 0 Å². The van der Waals surface area contributed by atoms with E-state index in [0.717, 1.165) is 39.0 Å². The number of unbranched alkanes of at least 4 members (excludes halogenated alkanes) is 2. The van der Waals surface area contributed by atoms with E-state index in [1.165, 1.54) is 40.0 Å². The fourth-order valence-electron chi connectivity index (χ4n) is 4.19. The zero-order chi connectivity index (χ0) is 30.0. The molecular formula is C36H55NO2S. The molecule has 0 heterocycles. The van der Waals surface area contributed by atoms with Gasteiger partial charge in [0.2, 0.25) is 5.91 Å². The Balaban J connectivity index is 0.000000520. The average molecular weight is 566 g/mol. The van der Waals surface area contributed by atoms with Crippen molar-refractivity contribution in [3.05, 3.63) is 89.5 Å².